The van der Waals surface area contributed by atoms with Crippen molar-refractivity contribution in [2.24, 2.45) is 0 Å². The first-order valence-electron chi connectivity index (χ1n) is 3.15. The van der Waals surface area contributed by atoms with Gasteiger partial charge in [0.25, 0.3) is 0 Å². The Hall–Kier alpha value is -0.470. The minimum Gasteiger partial charge on any atom is -0.465 e. The molecule has 1 rings (SSSR count). The van der Waals surface area contributed by atoms with E-state index in [0.29, 0.717) is 12.5 Å². The summed E-state index contributed by atoms with van der Waals surface area (Å²) in [6, 6.07) is 4.33. The standard InChI is InChI=1S/C7H10ClNO/c1-6-2-3-7(10-6)4-9-5-8/h2-3,9H,4-5H2,1H3. The van der Waals surface area contributed by atoms with Crippen molar-refractivity contribution in [2.45, 2.75) is 13.5 Å². The molecule has 0 amide bonds. The third-order valence-electron chi connectivity index (χ3n) is 1.19. The Bertz CT molecular complexity index is 197. The van der Waals surface area contributed by atoms with E-state index in [1.165, 1.54) is 0 Å². The summed E-state index contributed by atoms with van der Waals surface area (Å²) in [6.45, 7) is 2.63. The van der Waals surface area contributed by atoms with Crippen LogP contribution in [0.1, 0.15) is 11.5 Å². The van der Waals surface area contributed by atoms with Crippen LogP contribution >= 0.6 is 11.6 Å². The van der Waals surface area contributed by atoms with Crippen LogP contribution in [0.25, 0.3) is 0 Å². The van der Waals surface area contributed by atoms with Gasteiger partial charge in [-0.05, 0) is 19.1 Å². The van der Waals surface area contributed by atoms with Gasteiger partial charge in [0.2, 0.25) is 0 Å². The van der Waals surface area contributed by atoms with Gasteiger partial charge in [0.1, 0.15) is 11.5 Å². The van der Waals surface area contributed by atoms with Crippen molar-refractivity contribution >= 4 is 11.6 Å². The highest BCUT2D eigenvalue weighted by atomic mass is 35.5. The lowest BCUT2D eigenvalue weighted by Crippen LogP contribution is -2.08. The predicted octanol–water partition coefficient (Wildman–Crippen LogP) is 1.87. The number of alkyl halides is 1. The van der Waals surface area contributed by atoms with Crippen molar-refractivity contribution < 1.29 is 4.42 Å². The predicted molar refractivity (Wildman–Crippen MR) is 41.0 cm³/mol. The molecule has 0 saturated carbocycles. The van der Waals surface area contributed by atoms with Crippen LogP contribution in [0.2, 0.25) is 0 Å². The monoisotopic (exact) mass is 159 g/mol. The van der Waals surface area contributed by atoms with Gasteiger partial charge in [-0.1, -0.05) is 0 Å². The van der Waals surface area contributed by atoms with Crippen LogP contribution in [0.15, 0.2) is 16.5 Å². The molecule has 0 aliphatic carbocycles. The summed E-state index contributed by atoms with van der Waals surface area (Å²) in [5.41, 5.74) is 0. The maximum atomic E-state index is 5.41. The Morgan fingerprint density at radius 3 is 2.90 bits per heavy atom. The fourth-order valence-corrected chi connectivity index (χ4v) is 0.845. The molecule has 2 nitrogen and oxygen atoms in total. The van der Waals surface area contributed by atoms with Crippen LogP contribution in [0.3, 0.4) is 0 Å². The normalized spacial score (nSPS) is 10.2. The zero-order chi connectivity index (χ0) is 7.40. The Balaban J connectivity index is 2.42. The van der Waals surface area contributed by atoms with E-state index >= 15 is 0 Å². The van der Waals surface area contributed by atoms with E-state index in [2.05, 4.69) is 5.32 Å². The quantitative estimate of drug-likeness (QED) is 0.538. The lowest BCUT2D eigenvalue weighted by molar-refractivity contribution is 0.470. The highest BCUT2D eigenvalue weighted by molar-refractivity contribution is 6.17. The molecule has 0 spiro atoms. The largest absolute Gasteiger partial charge is 0.465 e. The maximum Gasteiger partial charge on any atom is 0.117 e. The lowest BCUT2D eigenvalue weighted by atomic mass is 10.4. The molecule has 0 aliphatic heterocycles. The van der Waals surface area contributed by atoms with E-state index in [4.69, 9.17) is 16.0 Å². The zero-order valence-electron chi connectivity index (χ0n) is 5.86. The smallest absolute Gasteiger partial charge is 0.117 e. The second-order valence-corrected chi connectivity index (χ2v) is 2.34. The molecule has 1 aromatic heterocycles. The van der Waals surface area contributed by atoms with Crippen molar-refractivity contribution in [1.82, 2.24) is 5.32 Å². The molecular weight excluding hydrogens is 150 g/mol. The first-order chi connectivity index (χ1) is 4.83. The third kappa shape index (κ3) is 2.05. The van der Waals surface area contributed by atoms with E-state index in [9.17, 15) is 0 Å². The third-order valence-corrected chi connectivity index (χ3v) is 1.38. The molecule has 1 aromatic rings. The van der Waals surface area contributed by atoms with Crippen LogP contribution in [-0.2, 0) is 6.54 Å². The Labute approximate surface area is 65.2 Å². The molecule has 0 aliphatic rings. The zero-order valence-corrected chi connectivity index (χ0v) is 6.61. The summed E-state index contributed by atoms with van der Waals surface area (Å²) in [5, 5.41) is 2.95. The topological polar surface area (TPSA) is 25.2 Å². The van der Waals surface area contributed by atoms with Crippen LogP contribution < -0.4 is 5.32 Å². The van der Waals surface area contributed by atoms with E-state index in [-0.39, 0.29) is 0 Å². The Morgan fingerprint density at radius 1 is 1.60 bits per heavy atom. The van der Waals surface area contributed by atoms with Crippen LogP contribution in [0.4, 0.5) is 0 Å². The van der Waals surface area contributed by atoms with E-state index in [1.54, 1.807) is 0 Å². The summed E-state index contributed by atoms with van der Waals surface area (Å²) in [7, 11) is 0. The molecule has 0 saturated heterocycles. The number of aryl methyl sites for hydroxylation is 1. The second kappa shape index (κ2) is 3.64. The van der Waals surface area contributed by atoms with Crippen molar-refractivity contribution in [3.05, 3.63) is 23.7 Å². The molecule has 0 unspecified atom stereocenters. The van der Waals surface area contributed by atoms with Crippen LogP contribution in [0, 0.1) is 6.92 Å². The van der Waals surface area contributed by atoms with E-state index < -0.39 is 0 Å². The van der Waals surface area contributed by atoms with Gasteiger partial charge in [-0.15, -0.1) is 11.6 Å². The molecule has 0 bridgehead atoms. The number of halogens is 1. The molecule has 0 aromatic carbocycles. The number of hydrogen-bond acceptors (Lipinski definition) is 2. The molecule has 3 heteroatoms. The second-order valence-electron chi connectivity index (χ2n) is 2.07. The fourth-order valence-electron chi connectivity index (χ4n) is 0.751. The lowest BCUT2D eigenvalue weighted by Gasteiger charge is -1.94. The van der Waals surface area contributed by atoms with Gasteiger partial charge in [-0.2, -0.15) is 0 Å². The minimum atomic E-state index is 0.458. The molecule has 56 valence electrons. The molecule has 1 N–H and O–H groups in total. The van der Waals surface area contributed by atoms with Crippen LogP contribution in [-0.4, -0.2) is 6.00 Å². The fraction of sp³-hybridized carbons (Fsp3) is 0.429. The number of furan rings is 1. The average Bonchev–Trinajstić information content (AvgIpc) is 2.31. The van der Waals surface area contributed by atoms with Gasteiger partial charge in [0.15, 0.2) is 0 Å². The molecule has 1 heterocycles. The summed E-state index contributed by atoms with van der Waals surface area (Å²) in [5.74, 6) is 1.87. The van der Waals surface area contributed by atoms with Crippen molar-refractivity contribution in [1.29, 1.82) is 0 Å². The van der Waals surface area contributed by atoms with Crippen molar-refractivity contribution in [2.75, 3.05) is 6.00 Å². The van der Waals surface area contributed by atoms with Gasteiger partial charge in [-0.25, -0.2) is 0 Å². The maximum absolute atomic E-state index is 5.41. The first kappa shape index (κ1) is 7.63. The average molecular weight is 160 g/mol. The summed E-state index contributed by atoms with van der Waals surface area (Å²) in [4.78, 5) is 0. The summed E-state index contributed by atoms with van der Waals surface area (Å²) >= 11 is 5.41. The Kier molecular flexibility index (Phi) is 2.78. The van der Waals surface area contributed by atoms with E-state index in [1.807, 2.05) is 19.1 Å². The van der Waals surface area contributed by atoms with Gasteiger partial charge >= 0.3 is 0 Å². The SMILES string of the molecule is Cc1ccc(CNCCl)o1. The van der Waals surface area contributed by atoms with Crippen molar-refractivity contribution in [3.63, 3.8) is 0 Å². The van der Waals surface area contributed by atoms with E-state index in [0.717, 1.165) is 11.5 Å². The molecule has 0 fully saturated rings. The van der Waals surface area contributed by atoms with Gasteiger partial charge in [0, 0.05) is 0 Å². The number of hydrogen-bond donors (Lipinski definition) is 1. The molecule has 10 heavy (non-hydrogen) atoms. The minimum absolute atomic E-state index is 0.458. The van der Waals surface area contributed by atoms with Crippen LogP contribution in [0.5, 0.6) is 0 Å². The Morgan fingerprint density at radius 2 is 2.40 bits per heavy atom. The number of rotatable bonds is 3. The summed E-state index contributed by atoms with van der Waals surface area (Å²) < 4.78 is 5.26. The first-order valence-corrected chi connectivity index (χ1v) is 3.68. The number of nitrogens with one attached hydrogen (secondary N) is 1. The molecule has 0 radical (unpaired) electrons. The van der Waals surface area contributed by atoms with Gasteiger partial charge in [-0.3, -0.25) is 5.32 Å². The van der Waals surface area contributed by atoms with Gasteiger partial charge in [0.05, 0.1) is 12.5 Å². The summed E-state index contributed by atoms with van der Waals surface area (Å²) in [6.07, 6.45) is 0. The highest BCUT2D eigenvalue weighted by Crippen LogP contribution is 2.04. The highest BCUT2D eigenvalue weighted by Gasteiger charge is 1.95. The molecular formula is C7H10ClNO. The van der Waals surface area contributed by atoms with Gasteiger partial charge < -0.3 is 4.42 Å². The molecule has 0 atom stereocenters. The van der Waals surface area contributed by atoms with Crippen molar-refractivity contribution in [3.8, 4) is 0 Å².